The first-order valence-corrected chi connectivity index (χ1v) is 5.48. The molecule has 0 unspecified atom stereocenters. The Morgan fingerprint density at radius 3 is 1.44 bits per heavy atom. The van der Waals surface area contributed by atoms with Crippen molar-refractivity contribution >= 4 is 23.1 Å². The summed E-state index contributed by atoms with van der Waals surface area (Å²) in [6, 6.07) is 20.7. The van der Waals surface area contributed by atoms with Crippen molar-refractivity contribution in [3.05, 3.63) is 77.9 Å². The third-order valence-corrected chi connectivity index (χ3v) is 3.12. The van der Waals surface area contributed by atoms with Gasteiger partial charge in [0.15, 0.2) is 0 Å². The van der Waals surface area contributed by atoms with E-state index >= 15 is 0 Å². The fourth-order valence-corrected chi connectivity index (χ4v) is 2.24. The van der Waals surface area contributed by atoms with Crippen LogP contribution in [0.1, 0.15) is 18.1 Å². The molecule has 0 atom stereocenters. The molecule has 1 saturated heterocycles. The zero-order valence-electron chi connectivity index (χ0n) is 10.3. The van der Waals surface area contributed by atoms with Crippen LogP contribution in [0.3, 0.4) is 0 Å². The van der Waals surface area contributed by atoms with Crippen LogP contribution in [-0.2, 0) is 10.3 Å². The third kappa shape index (κ3) is 2.43. The fourth-order valence-electron chi connectivity index (χ4n) is 2.24. The van der Waals surface area contributed by atoms with Gasteiger partial charge >= 0.3 is 23.1 Å². The first kappa shape index (κ1) is 15.5. The summed E-state index contributed by atoms with van der Waals surface area (Å²) in [5, 5.41) is 0. The predicted octanol–water partition coefficient (Wildman–Crippen LogP) is 0.135. The predicted molar refractivity (Wildman–Crippen MR) is 69.4 cm³/mol. The summed E-state index contributed by atoms with van der Waals surface area (Å²) in [6.45, 7) is 2.04. The molecule has 1 aliphatic heterocycles. The zero-order chi connectivity index (χ0) is 11.0. The van der Waals surface area contributed by atoms with Gasteiger partial charge in [0.25, 0.3) is 0 Å². The average Bonchev–Trinajstić information content (AvgIpc) is 3.05. The Morgan fingerprint density at radius 1 is 0.833 bits per heavy atom. The van der Waals surface area contributed by atoms with Crippen molar-refractivity contribution in [3.63, 3.8) is 0 Å². The number of hydrogen-bond donors (Lipinski definition) is 0. The van der Waals surface area contributed by atoms with E-state index in [9.17, 15) is 0 Å². The van der Waals surface area contributed by atoms with Gasteiger partial charge in [-0.2, -0.15) is 13.0 Å². The van der Waals surface area contributed by atoms with E-state index < -0.39 is 0 Å². The quantitative estimate of drug-likeness (QED) is 0.429. The second-order valence-corrected chi connectivity index (χ2v) is 4.07. The van der Waals surface area contributed by atoms with Crippen molar-refractivity contribution in [3.8, 4) is 0 Å². The van der Waals surface area contributed by atoms with Crippen LogP contribution >= 0.6 is 0 Å². The molecule has 0 spiro atoms. The summed E-state index contributed by atoms with van der Waals surface area (Å²) in [5.74, 6) is 0. The average molecular weight is 269 g/mol. The van der Waals surface area contributed by atoms with Crippen LogP contribution in [0, 0.1) is 6.10 Å². The van der Waals surface area contributed by atoms with Gasteiger partial charge in [0, 0.05) is 0 Å². The Labute approximate surface area is 130 Å². The normalized spacial score (nSPS) is 16.3. The zero-order valence-corrected chi connectivity index (χ0v) is 12.4. The van der Waals surface area contributed by atoms with Crippen molar-refractivity contribution < 1.29 is 17.1 Å². The molecule has 0 N–H and O–H groups in total. The minimum absolute atomic E-state index is 0. The minimum Gasteiger partial charge on any atom is -1.00 e. The number of benzene rings is 2. The van der Waals surface area contributed by atoms with E-state index in [1.165, 1.54) is 11.1 Å². The number of epoxide rings is 1. The van der Waals surface area contributed by atoms with Crippen LogP contribution in [0.15, 0.2) is 60.7 Å². The molecule has 2 aromatic rings. The van der Waals surface area contributed by atoms with Gasteiger partial charge in [0.1, 0.15) is 0 Å². The van der Waals surface area contributed by atoms with Gasteiger partial charge in [-0.25, -0.2) is 0 Å². The summed E-state index contributed by atoms with van der Waals surface area (Å²) in [4.78, 5) is 0. The number of halogens is 1. The standard InChI is InChI=1S/C15H13O.ClH.Mg/c1-12-15(16-12,13-8-4-2-5-9-13)14-10-6-3-7-11-14;;/h2-11H,1H3;1H;/q-1;;+2/p-1. The maximum Gasteiger partial charge on any atom is 2.00 e. The van der Waals surface area contributed by atoms with E-state index in [0.29, 0.717) is 0 Å². The molecule has 0 saturated carbocycles. The number of ether oxygens (including phenoxy) is 1. The molecule has 0 amide bonds. The Balaban J connectivity index is 0.000000810. The summed E-state index contributed by atoms with van der Waals surface area (Å²) in [5.41, 5.74) is 2.13. The molecule has 2 aromatic carbocycles. The van der Waals surface area contributed by atoms with Gasteiger partial charge in [-0.3, -0.25) is 0 Å². The molecule has 88 valence electrons. The number of rotatable bonds is 2. The van der Waals surface area contributed by atoms with Crippen LogP contribution < -0.4 is 12.4 Å². The molecule has 0 aromatic heterocycles. The van der Waals surface area contributed by atoms with E-state index in [4.69, 9.17) is 4.74 Å². The molecule has 0 radical (unpaired) electrons. The van der Waals surface area contributed by atoms with E-state index in [1.54, 1.807) is 0 Å². The first-order chi connectivity index (χ1) is 7.84. The molecule has 18 heavy (non-hydrogen) atoms. The molecule has 3 rings (SSSR count). The fraction of sp³-hybridized carbons (Fsp3) is 0.133. The van der Waals surface area contributed by atoms with Crippen molar-refractivity contribution in [1.29, 1.82) is 0 Å². The largest absolute Gasteiger partial charge is 2.00 e. The van der Waals surface area contributed by atoms with Gasteiger partial charge in [-0.15, -0.1) is 0 Å². The topological polar surface area (TPSA) is 12.5 Å². The molecule has 1 heterocycles. The summed E-state index contributed by atoms with van der Waals surface area (Å²) in [6.07, 6.45) is 1.07. The number of hydrogen-bond acceptors (Lipinski definition) is 1. The summed E-state index contributed by atoms with van der Waals surface area (Å²) >= 11 is 0. The van der Waals surface area contributed by atoms with Crippen LogP contribution in [0.2, 0.25) is 0 Å². The van der Waals surface area contributed by atoms with Gasteiger partial charge < -0.3 is 17.1 Å². The monoisotopic (exact) mass is 268 g/mol. The van der Waals surface area contributed by atoms with Crippen LogP contribution in [0.5, 0.6) is 0 Å². The van der Waals surface area contributed by atoms with Gasteiger partial charge in [0.2, 0.25) is 0 Å². The second-order valence-electron chi connectivity index (χ2n) is 4.07. The van der Waals surface area contributed by atoms with Crippen molar-refractivity contribution in [2.45, 2.75) is 12.5 Å². The van der Waals surface area contributed by atoms with Gasteiger partial charge in [-0.05, 0) is 16.7 Å². The maximum atomic E-state index is 5.79. The second kappa shape index (κ2) is 6.07. The summed E-state index contributed by atoms with van der Waals surface area (Å²) in [7, 11) is 0. The molecule has 0 bridgehead atoms. The Hall–Kier alpha value is -0.544. The van der Waals surface area contributed by atoms with Crippen molar-refractivity contribution in [1.82, 2.24) is 0 Å². The molecule has 3 heteroatoms. The third-order valence-electron chi connectivity index (χ3n) is 3.12. The van der Waals surface area contributed by atoms with Crippen molar-refractivity contribution in [2.75, 3.05) is 0 Å². The molecular weight excluding hydrogens is 256 g/mol. The van der Waals surface area contributed by atoms with Gasteiger partial charge in [-0.1, -0.05) is 60.7 Å². The van der Waals surface area contributed by atoms with E-state index in [2.05, 4.69) is 48.5 Å². The van der Waals surface area contributed by atoms with E-state index in [0.717, 1.165) is 6.10 Å². The molecule has 0 aliphatic carbocycles. The van der Waals surface area contributed by atoms with Crippen LogP contribution in [0.4, 0.5) is 0 Å². The summed E-state index contributed by atoms with van der Waals surface area (Å²) < 4.78 is 5.79. The van der Waals surface area contributed by atoms with Crippen LogP contribution in [0.25, 0.3) is 0 Å². The SMILES string of the molecule is C[C-]1OC1(c1ccccc1)c1ccccc1.[Cl-].[Mg+2]. The Bertz CT molecular complexity index is 447. The smallest absolute Gasteiger partial charge is 1.00 e. The molecule has 1 aliphatic rings. The Kier molecular flexibility index (Phi) is 5.23. The molecular formula is C15H13ClMgO. The van der Waals surface area contributed by atoms with Crippen molar-refractivity contribution in [2.24, 2.45) is 0 Å². The first-order valence-electron chi connectivity index (χ1n) is 5.48. The van der Waals surface area contributed by atoms with Gasteiger partial charge in [0.05, 0.1) is 0 Å². The van der Waals surface area contributed by atoms with Crippen LogP contribution in [-0.4, -0.2) is 23.1 Å². The minimum atomic E-state index is -0.289. The van der Waals surface area contributed by atoms with E-state index in [-0.39, 0.29) is 41.1 Å². The van der Waals surface area contributed by atoms with E-state index in [1.807, 2.05) is 19.1 Å². The maximum absolute atomic E-state index is 5.79. The Morgan fingerprint density at radius 2 is 1.17 bits per heavy atom. The molecule has 1 fully saturated rings. The molecule has 1 nitrogen and oxygen atoms in total.